The van der Waals surface area contributed by atoms with Crippen LogP contribution in [0.1, 0.15) is 34.6 Å². The van der Waals surface area contributed by atoms with E-state index in [-0.39, 0.29) is 6.61 Å². The van der Waals surface area contributed by atoms with Crippen molar-refractivity contribution in [2.45, 2.75) is 58.2 Å². The van der Waals surface area contributed by atoms with E-state index >= 15 is 0 Å². The van der Waals surface area contributed by atoms with Crippen molar-refractivity contribution in [2.24, 2.45) is 0 Å². The minimum Gasteiger partial charge on any atom is -0.444 e. The largest absolute Gasteiger partial charge is 0.444 e. The highest BCUT2D eigenvalue weighted by molar-refractivity contribution is 5.68. The van der Waals surface area contributed by atoms with Crippen molar-refractivity contribution in [1.82, 2.24) is 5.32 Å². The minimum absolute atomic E-state index is 0.182. The van der Waals surface area contributed by atoms with Gasteiger partial charge in [-0.25, -0.2) is 4.79 Å². The van der Waals surface area contributed by atoms with Gasteiger partial charge in [0.1, 0.15) is 17.7 Å². The van der Waals surface area contributed by atoms with E-state index in [0.29, 0.717) is 0 Å². The highest BCUT2D eigenvalue weighted by Gasteiger charge is 2.40. The fraction of sp³-hybridized carbons (Fsp3) is 0.917. The number of nitro groups is 1. The normalized spacial score (nSPS) is 23.1. The summed E-state index contributed by atoms with van der Waals surface area (Å²) in [7, 11) is 0. The number of nitrogens with one attached hydrogen (secondary N) is 1. The molecule has 0 aromatic heterocycles. The minimum atomic E-state index is -0.810. The van der Waals surface area contributed by atoms with Crippen LogP contribution >= 0.6 is 0 Å². The van der Waals surface area contributed by atoms with Gasteiger partial charge >= 0.3 is 6.09 Å². The Labute approximate surface area is 117 Å². The first kappa shape index (κ1) is 16.6. The van der Waals surface area contributed by atoms with Gasteiger partial charge in [-0.3, -0.25) is 10.1 Å². The summed E-state index contributed by atoms with van der Waals surface area (Å²) in [4.78, 5) is 21.9. The maximum absolute atomic E-state index is 11.7. The van der Waals surface area contributed by atoms with Gasteiger partial charge < -0.3 is 19.5 Å². The van der Waals surface area contributed by atoms with Crippen molar-refractivity contribution in [2.75, 3.05) is 13.2 Å². The first-order valence-corrected chi connectivity index (χ1v) is 6.41. The molecule has 2 atom stereocenters. The number of ether oxygens (including phenoxy) is 3. The van der Waals surface area contributed by atoms with Crippen LogP contribution in [-0.4, -0.2) is 47.7 Å². The number of amides is 1. The first-order valence-electron chi connectivity index (χ1n) is 6.41. The Bertz CT molecular complexity index is 377. The maximum atomic E-state index is 11.7. The molecule has 0 aliphatic carbocycles. The van der Waals surface area contributed by atoms with E-state index in [9.17, 15) is 14.9 Å². The molecule has 2 unspecified atom stereocenters. The van der Waals surface area contributed by atoms with Crippen molar-refractivity contribution >= 4 is 6.09 Å². The Morgan fingerprint density at radius 3 is 2.55 bits per heavy atom. The third kappa shape index (κ3) is 5.70. The Balaban J connectivity index is 2.66. The average Bonchev–Trinajstić information content (AvgIpc) is 2.54. The summed E-state index contributed by atoms with van der Waals surface area (Å²) in [5, 5.41) is 13.2. The van der Waals surface area contributed by atoms with Crippen molar-refractivity contribution in [1.29, 1.82) is 0 Å². The lowest BCUT2D eigenvalue weighted by atomic mass is 10.1. The summed E-state index contributed by atoms with van der Waals surface area (Å²) >= 11 is 0. The average molecular weight is 290 g/mol. The lowest BCUT2D eigenvalue weighted by Gasteiger charge is -2.25. The molecule has 116 valence electrons. The second-order valence-corrected chi connectivity index (χ2v) is 6.14. The molecule has 8 nitrogen and oxygen atoms in total. The molecule has 8 heteroatoms. The number of hydrogen-bond donors (Lipinski definition) is 1. The van der Waals surface area contributed by atoms with Gasteiger partial charge in [0.25, 0.3) is 0 Å². The molecule has 1 amide bonds. The zero-order valence-corrected chi connectivity index (χ0v) is 12.5. The van der Waals surface area contributed by atoms with Crippen LogP contribution in [0.4, 0.5) is 4.79 Å². The molecule has 1 fully saturated rings. The molecule has 1 aliphatic rings. The number of rotatable bonds is 4. The predicted octanol–water partition coefficient (Wildman–Crippen LogP) is 1.31. The molecule has 1 aliphatic heterocycles. The van der Waals surface area contributed by atoms with E-state index in [4.69, 9.17) is 14.2 Å². The lowest BCUT2D eigenvalue weighted by molar-refractivity contribution is -0.485. The zero-order chi connectivity index (χ0) is 15.6. The van der Waals surface area contributed by atoms with Gasteiger partial charge in [-0.2, -0.15) is 0 Å². The predicted molar refractivity (Wildman–Crippen MR) is 69.9 cm³/mol. The number of alkyl carbamates (subject to hydrolysis) is 1. The van der Waals surface area contributed by atoms with E-state index < -0.39 is 41.1 Å². The number of nitrogens with zero attached hydrogens (tertiary/aromatic N) is 1. The fourth-order valence-electron chi connectivity index (χ4n) is 1.79. The summed E-state index contributed by atoms with van der Waals surface area (Å²) in [6, 6.07) is -0.804. The summed E-state index contributed by atoms with van der Waals surface area (Å²) in [5.74, 6) is -0.810. The highest BCUT2D eigenvalue weighted by atomic mass is 16.7. The fourth-order valence-corrected chi connectivity index (χ4v) is 1.79. The molecule has 1 saturated heterocycles. The Morgan fingerprint density at radius 2 is 2.15 bits per heavy atom. The first-order chi connectivity index (χ1) is 8.98. The zero-order valence-electron chi connectivity index (χ0n) is 12.5. The van der Waals surface area contributed by atoms with Crippen LogP contribution in [0, 0.1) is 10.1 Å². The smallest absolute Gasteiger partial charge is 0.408 e. The molecular weight excluding hydrogens is 268 g/mol. The van der Waals surface area contributed by atoms with Crippen LogP contribution in [0.15, 0.2) is 0 Å². The number of carbonyl (C=O) groups is 1. The topological polar surface area (TPSA) is 99.9 Å². The molecular formula is C12H22N2O6. The van der Waals surface area contributed by atoms with Crippen molar-refractivity contribution in [3.05, 3.63) is 10.1 Å². The summed E-state index contributed by atoms with van der Waals surface area (Å²) < 4.78 is 16.0. The quantitative estimate of drug-likeness (QED) is 0.619. The number of hydrogen-bond acceptors (Lipinski definition) is 6. The SMILES string of the molecule is CC(C)(C)OC(=O)NC(C[N+](=O)[O-])C1COC(C)(C)O1. The summed E-state index contributed by atoms with van der Waals surface area (Å²) in [6.45, 7) is 8.30. The van der Waals surface area contributed by atoms with Gasteiger partial charge in [0, 0.05) is 4.92 Å². The molecule has 0 saturated carbocycles. The monoisotopic (exact) mass is 290 g/mol. The van der Waals surface area contributed by atoms with Gasteiger partial charge in [0.2, 0.25) is 6.54 Å². The maximum Gasteiger partial charge on any atom is 0.408 e. The van der Waals surface area contributed by atoms with E-state index in [1.807, 2.05) is 0 Å². The molecule has 0 radical (unpaired) electrons. The van der Waals surface area contributed by atoms with E-state index in [0.717, 1.165) is 0 Å². The Kier molecular flexibility index (Phi) is 4.93. The van der Waals surface area contributed by atoms with Crippen LogP contribution in [-0.2, 0) is 14.2 Å². The van der Waals surface area contributed by atoms with Crippen LogP contribution in [0.5, 0.6) is 0 Å². The summed E-state index contributed by atoms with van der Waals surface area (Å²) in [5.41, 5.74) is -0.671. The Morgan fingerprint density at radius 1 is 1.55 bits per heavy atom. The van der Waals surface area contributed by atoms with Gasteiger partial charge in [-0.1, -0.05) is 0 Å². The van der Waals surface area contributed by atoms with Crippen molar-refractivity contribution in [3.8, 4) is 0 Å². The standard InChI is InChI=1S/C12H22N2O6/c1-11(2,3)20-10(15)13-8(6-14(16)17)9-7-18-12(4,5)19-9/h8-9H,6-7H2,1-5H3,(H,13,15). The molecule has 1 N–H and O–H groups in total. The van der Waals surface area contributed by atoms with Crippen molar-refractivity contribution < 1.29 is 23.9 Å². The van der Waals surface area contributed by atoms with Gasteiger partial charge in [0.05, 0.1) is 6.61 Å². The second-order valence-electron chi connectivity index (χ2n) is 6.14. The van der Waals surface area contributed by atoms with Gasteiger partial charge in [0.15, 0.2) is 5.79 Å². The third-order valence-electron chi connectivity index (χ3n) is 2.53. The lowest BCUT2D eigenvalue weighted by Crippen LogP contribution is -2.50. The molecule has 0 aromatic rings. The molecule has 0 spiro atoms. The second kappa shape index (κ2) is 5.92. The van der Waals surface area contributed by atoms with E-state index in [1.165, 1.54) is 0 Å². The van der Waals surface area contributed by atoms with E-state index in [2.05, 4.69) is 5.32 Å². The molecule has 1 heterocycles. The molecule has 0 bridgehead atoms. The Hall–Kier alpha value is -1.41. The molecule has 1 rings (SSSR count). The van der Waals surface area contributed by atoms with E-state index in [1.54, 1.807) is 34.6 Å². The highest BCUT2D eigenvalue weighted by Crippen LogP contribution is 2.24. The van der Waals surface area contributed by atoms with Crippen LogP contribution in [0.3, 0.4) is 0 Å². The van der Waals surface area contributed by atoms with Crippen LogP contribution < -0.4 is 5.32 Å². The van der Waals surface area contributed by atoms with Crippen LogP contribution in [0.25, 0.3) is 0 Å². The molecule has 20 heavy (non-hydrogen) atoms. The van der Waals surface area contributed by atoms with Crippen LogP contribution in [0.2, 0.25) is 0 Å². The summed E-state index contributed by atoms with van der Waals surface area (Å²) in [6.07, 6.45) is -1.29. The van der Waals surface area contributed by atoms with Gasteiger partial charge in [-0.15, -0.1) is 0 Å². The molecule has 0 aromatic carbocycles. The third-order valence-corrected chi connectivity index (χ3v) is 2.53. The van der Waals surface area contributed by atoms with Gasteiger partial charge in [-0.05, 0) is 34.6 Å². The number of carbonyl (C=O) groups excluding carboxylic acids is 1. The van der Waals surface area contributed by atoms with Crippen molar-refractivity contribution in [3.63, 3.8) is 0 Å².